The van der Waals surface area contributed by atoms with Gasteiger partial charge in [0.2, 0.25) is 0 Å². The van der Waals surface area contributed by atoms with Crippen molar-refractivity contribution in [3.63, 3.8) is 0 Å². The van der Waals surface area contributed by atoms with E-state index in [4.69, 9.17) is 4.99 Å². The highest BCUT2D eigenvalue weighted by atomic mass is 14.8. The topological polar surface area (TPSA) is 12.4 Å². The van der Waals surface area contributed by atoms with Crippen molar-refractivity contribution in [3.8, 4) is 0 Å². The van der Waals surface area contributed by atoms with E-state index >= 15 is 0 Å². The van der Waals surface area contributed by atoms with Crippen LogP contribution in [0.1, 0.15) is 18.1 Å². The molecule has 0 saturated heterocycles. The van der Waals surface area contributed by atoms with Crippen LogP contribution in [0.3, 0.4) is 0 Å². The van der Waals surface area contributed by atoms with Gasteiger partial charge in [-0.05, 0) is 17.2 Å². The summed E-state index contributed by atoms with van der Waals surface area (Å²) in [6.45, 7) is 2.20. The molecule has 2 aromatic carbocycles. The van der Waals surface area contributed by atoms with Crippen molar-refractivity contribution >= 4 is 11.4 Å². The summed E-state index contributed by atoms with van der Waals surface area (Å²) >= 11 is 0. The number of hydrogen-bond donors (Lipinski definition) is 0. The minimum absolute atomic E-state index is 0.377. The van der Waals surface area contributed by atoms with Crippen LogP contribution in [0, 0.1) is 5.92 Å². The van der Waals surface area contributed by atoms with Gasteiger partial charge in [0.15, 0.2) is 0 Å². The second kappa shape index (κ2) is 4.61. The third-order valence-corrected chi connectivity index (χ3v) is 3.22. The maximum atomic E-state index is 4.79. The molecule has 2 aromatic rings. The SMILES string of the molecule is CC1C=C(c2ccccc2)N=C1c1ccccc1. The number of benzene rings is 2. The maximum Gasteiger partial charge on any atom is 0.0672 e. The van der Waals surface area contributed by atoms with Gasteiger partial charge in [-0.15, -0.1) is 0 Å². The molecule has 1 nitrogen and oxygen atoms in total. The molecule has 0 amide bonds. The van der Waals surface area contributed by atoms with E-state index in [9.17, 15) is 0 Å². The predicted octanol–water partition coefficient (Wildman–Crippen LogP) is 4.17. The predicted molar refractivity (Wildman–Crippen MR) is 76.6 cm³/mol. The van der Waals surface area contributed by atoms with E-state index in [2.05, 4.69) is 61.5 Å². The Balaban J connectivity index is 1.97. The highest BCUT2D eigenvalue weighted by Gasteiger charge is 2.18. The van der Waals surface area contributed by atoms with Gasteiger partial charge in [0.25, 0.3) is 0 Å². The monoisotopic (exact) mass is 233 g/mol. The van der Waals surface area contributed by atoms with Crippen molar-refractivity contribution in [1.82, 2.24) is 0 Å². The van der Waals surface area contributed by atoms with Crippen LogP contribution in [0.5, 0.6) is 0 Å². The second-order valence-corrected chi connectivity index (χ2v) is 4.57. The van der Waals surface area contributed by atoms with Crippen LogP contribution in [0.4, 0.5) is 0 Å². The Labute approximate surface area is 108 Å². The van der Waals surface area contributed by atoms with Crippen LogP contribution in [0.2, 0.25) is 0 Å². The van der Waals surface area contributed by atoms with E-state index in [-0.39, 0.29) is 0 Å². The van der Waals surface area contributed by atoms with E-state index in [0.717, 1.165) is 11.4 Å². The number of nitrogens with zero attached hydrogens (tertiary/aromatic N) is 1. The van der Waals surface area contributed by atoms with E-state index in [1.54, 1.807) is 0 Å². The lowest BCUT2D eigenvalue weighted by Crippen LogP contribution is -2.06. The molecule has 88 valence electrons. The van der Waals surface area contributed by atoms with Gasteiger partial charge in [-0.3, -0.25) is 4.99 Å². The van der Waals surface area contributed by atoms with Gasteiger partial charge in [0.1, 0.15) is 0 Å². The van der Waals surface area contributed by atoms with Crippen molar-refractivity contribution in [3.05, 3.63) is 77.9 Å². The summed E-state index contributed by atoms with van der Waals surface area (Å²) in [6.07, 6.45) is 2.23. The Morgan fingerprint density at radius 2 is 1.33 bits per heavy atom. The minimum Gasteiger partial charge on any atom is -0.252 e. The smallest absolute Gasteiger partial charge is 0.0672 e. The average Bonchev–Trinajstić information content (AvgIpc) is 2.83. The van der Waals surface area contributed by atoms with Gasteiger partial charge < -0.3 is 0 Å². The first-order valence-corrected chi connectivity index (χ1v) is 6.26. The number of allylic oxidation sites excluding steroid dienone is 1. The summed E-state index contributed by atoms with van der Waals surface area (Å²) in [4.78, 5) is 4.79. The van der Waals surface area contributed by atoms with Crippen molar-refractivity contribution in [1.29, 1.82) is 0 Å². The molecule has 0 saturated carbocycles. The summed E-state index contributed by atoms with van der Waals surface area (Å²) in [5, 5.41) is 0. The Morgan fingerprint density at radius 3 is 1.94 bits per heavy atom. The third-order valence-electron chi connectivity index (χ3n) is 3.22. The molecule has 0 fully saturated rings. The summed E-state index contributed by atoms with van der Waals surface area (Å²) in [5.74, 6) is 0.377. The van der Waals surface area contributed by atoms with E-state index in [1.165, 1.54) is 11.1 Å². The normalized spacial score (nSPS) is 18.4. The van der Waals surface area contributed by atoms with Crippen molar-refractivity contribution < 1.29 is 0 Å². The summed E-state index contributed by atoms with van der Waals surface area (Å²) in [5.41, 5.74) is 4.65. The van der Waals surface area contributed by atoms with E-state index in [0.29, 0.717) is 5.92 Å². The molecule has 1 atom stereocenters. The van der Waals surface area contributed by atoms with Gasteiger partial charge in [-0.1, -0.05) is 67.6 Å². The zero-order chi connectivity index (χ0) is 12.4. The zero-order valence-electron chi connectivity index (χ0n) is 10.4. The average molecular weight is 233 g/mol. The molecule has 0 bridgehead atoms. The molecule has 1 unspecified atom stereocenters. The fraction of sp³-hybridized carbons (Fsp3) is 0.118. The summed E-state index contributed by atoms with van der Waals surface area (Å²) in [6, 6.07) is 20.8. The third kappa shape index (κ3) is 2.00. The fourth-order valence-electron chi connectivity index (χ4n) is 2.29. The Bertz CT molecular complexity index is 594. The Kier molecular flexibility index (Phi) is 2.81. The Morgan fingerprint density at radius 1 is 0.778 bits per heavy atom. The molecular weight excluding hydrogens is 218 g/mol. The summed E-state index contributed by atoms with van der Waals surface area (Å²) < 4.78 is 0. The molecular formula is C17H15N. The molecule has 0 spiro atoms. The molecule has 3 rings (SSSR count). The summed E-state index contributed by atoms with van der Waals surface area (Å²) in [7, 11) is 0. The largest absolute Gasteiger partial charge is 0.252 e. The lowest BCUT2D eigenvalue weighted by Gasteiger charge is -2.05. The van der Waals surface area contributed by atoms with Gasteiger partial charge in [0.05, 0.1) is 11.4 Å². The first-order valence-electron chi connectivity index (χ1n) is 6.26. The molecule has 0 aromatic heterocycles. The van der Waals surface area contributed by atoms with Crippen LogP contribution in [-0.2, 0) is 0 Å². The van der Waals surface area contributed by atoms with Crippen molar-refractivity contribution in [2.24, 2.45) is 10.9 Å². The van der Waals surface area contributed by atoms with Crippen LogP contribution in [0.15, 0.2) is 71.7 Å². The van der Waals surface area contributed by atoms with Gasteiger partial charge in [-0.2, -0.15) is 0 Å². The fourth-order valence-corrected chi connectivity index (χ4v) is 2.29. The first kappa shape index (κ1) is 11.0. The van der Waals surface area contributed by atoms with E-state index in [1.807, 2.05) is 12.1 Å². The standard InChI is InChI=1S/C17H15N/c1-13-12-16(14-8-4-2-5-9-14)18-17(13)15-10-6-3-7-11-15/h2-13H,1H3. The zero-order valence-corrected chi connectivity index (χ0v) is 10.4. The lowest BCUT2D eigenvalue weighted by molar-refractivity contribution is 1.02. The Hall–Kier alpha value is -2.15. The molecule has 1 aliphatic heterocycles. The van der Waals surface area contributed by atoms with Gasteiger partial charge in [0, 0.05) is 5.92 Å². The molecule has 0 N–H and O–H groups in total. The number of rotatable bonds is 2. The lowest BCUT2D eigenvalue weighted by atomic mass is 9.99. The van der Waals surface area contributed by atoms with Gasteiger partial charge >= 0.3 is 0 Å². The molecule has 1 heteroatoms. The molecule has 0 radical (unpaired) electrons. The van der Waals surface area contributed by atoms with Crippen LogP contribution in [0.25, 0.3) is 5.70 Å². The molecule has 18 heavy (non-hydrogen) atoms. The van der Waals surface area contributed by atoms with Crippen molar-refractivity contribution in [2.45, 2.75) is 6.92 Å². The first-order chi connectivity index (χ1) is 8.84. The second-order valence-electron chi connectivity index (χ2n) is 4.57. The highest BCUT2D eigenvalue weighted by molar-refractivity contribution is 6.08. The van der Waals surface area contributed by atoms with Gasteiger partial charge in [-0.25, -0.2) is 0 Å². The number of aliphatic imine (C=N–C) groups is 1. The molecule has 1 aliphatic rings. The van der Waals surface area contributed by atoms with Crippen LogP contribution in [-0.4, -0.2) is 5.71 Å². The van der Waals surface area contributed by atoms with Crippen LogP contribution >= 0.6 is 0 Å². The number of hydrogen-bond acceptors (Lipinski definition) is 1. The van der Waals surface area contributed by atoms with Crippen LogP contribution < -0.4 is 0 Å². The quantitative estimate of drug-likeness (QED) is 0.738. The van der Waals surface area contributed by atoms with Crippen molar-refractivity contribution in [2.75, 3.05) is 0 Å². The highest BCUT2D eigenvalue weighted by Crippen LogP contribution is 2.28. The molecule has 0 aliphatic carbocycles. The minimum atomic E-state index is 0.377. The van der Waals surface area contributed by atoms with E-state index < -0.39 is 0 Å². The molecule has 1 heterocycles. The maximum absolute atomic E-state index is 4.79.